The molecule has 0 spiro atoms. The summed E-state index contributed by atoms with van der Waals surface area (Å²) in [4.78, 5) is 40.4. The molecule has 180 valence electrons. The molecule has 1 fully saturated rings. The van der Waals surface area contributed by atoms with Crippen LogP contribution in [0, 0.1) is 0 Å². The first kappa shape index (κ1) is 23.9. The maximum atomic E-state index is 13.3. The van der Waals surface area contributed by atoms with E-state index in [1.54, 1.807) is 62.1 Å². The number of amides is 3. The van der Waals surface area contributed by atoms with Crippen LogP contribution in [-0.4, -0.2) is 56.0 Å². The quantitative estimate of drug-likeness (QED) is 0.666. The fourth-order valence-corrected chi connectivity index (χ4v) is 5.56. The molecule has 0 atom stereocenters. The first-order valence-electron chi connectivity index (χ1n) is 11.0. The largest absolute Gasteiger partial charge is 0.444 e. The van der Waals surface area contributed by atoms with E-state index in [1.807, 2.05) is 0 Å². The lowest BCUT2D eigenvalue weighted by Crippen LogP contribution is -2.47. The number of nitrogens with one attached hydrogen (secondary N) is 1. The van der Waals surface area contributed by atoms with E-state index in [0.717, 1.165) is 4.90 Å². The second kappa shape index (κ2) is 8.84. The third-order valence-corrected chi connectivity index (χ3v) is 7.23. The third kappa shape index (κ3) is 4.69. The Kier molecular flexibility index (Phi) is 6.22. The van der Waals surface area contributed by atoms with E-state index in [9.17, 15) is 22.8 Å². The molecule has 3 amide bonds. The molecule has 0 aliphatic carbocycles. The van der Waals surface area contributed by atoms with E-state index >= 15 is 0 Å². The number of fused-ring (bicyclic) bond motifs is 1. The molecule has 2 aliphatic heterocycles. The number of hydrogen-bond acceptors (Lipinski definition) is 6. The lowest BCUT2D eigenvalue weighted by atomic mass is 10.1. The van der Waals surface area contributed by atoms with Crippen LogP contribution >= 0.6 is 0 Å². The number of rotatable bonds is 4. The number of piperidine rings is 1. The Morgan fingerprint density at radius 2 is 1.47 bits per heavy atom. The summed E-state index contributed by atoms with van der Waals surface area (Å²) >= 11 is 0. The summed E-state index contributed by atoms with van der Waals surface area (Å²) in [5, 5.41) is 0. The lowest BCUT2D eigenvalue weighted by molar-refractivity contribution is 0.0203. The number of imide groups is 1. The maximum Gasteiger partial charge on any atom is 0.410 e. The van der Waals surface area contributed by atoms with E-state index in [4.69, 9.17) is 4.74 Å². The summed E-state index contributed by atoms with van der Waals surface area (Å²) in [7, 11) is -4.06. The molecule has 2 aromatic carbocycles. The third-order valence-electron chi connectivity index (χ3n) is 5.66. The molecule has 0 saturated carbocycles. The zero-order valence-electron chi connectivity index (χ0n) is 19.3. The molecular formula is C24H27N3O6S. The summed E-state index contributed by atoms with van der Waals surface area (Å²) in [6.07, 6.45) is 0.395. The molecule has 34 heavy (non-hydrogen) atoms. The minimum absolute atomic E-state index is 0.00684. The van der Waals surface area contributed by atoms with Gasteiger partial charge in [-0.2, -0.15) is 0 Å². The second-order valence-electron chi connectivity index (χ2n) is 9.32. The van der Waals surface area contributed by atoms with Gasteiger partial charge in [0.1, 0.15) is 10.5 Å². The van der Waals surface area contributed by atoms with Crippen LogP contribution in [0.1, 0.15) is 54.3 Å². The van der Waals surface area contributed by atoms with Gasteiger partial charge < -0.3 is 9.64 Å². The van der Waals surface area contributed by atoms with Crippen molar-refractivity contribution in [2.24, 2.45) is 0 Å². The number of likely N-dealkylation sites (tertiary alicyclic amines) is 1. The van der Waals surface area contributed by atoms with Crippen molar-refractivity contribution in [3.05, 3.63) is 59.7 Å². The number of benzene rings is 2. The number of sulfonamides is 1. The minimum Gasteiger partial charge on any atom is -0.444 e. The number of para-hydroxylation sites is 1. The van der Waals surface area contributed by atoms with Crippen LogP contribution in [0.2, 0.25) is 0 Å². The summed E-state index contributed by atoms with van der Waals surface area (Å²) in [5.74, 6) is -1.12. The summed E-state index contributed by atoms with van der Waals surface area (Å²) in [6, 6.07) is 11.9. The van der Waals surface area contributed by atoms with Gasteiger partial charge in [0.05, 0.1) is 16.8 Å². The molecule has 1 saturated heterocycles. The van der Waals surface area contributed by atoms with Crippen molar-refractivity contribution in [3.8, 4) is 0 Å². The van der Waals surface area contributed by atoms with Gasteiger partial charge in [-0.25, -0.2) is 22.8 Å². The van der Waals surface area contributed by atoms with Crippen molar-refractivity contribution in [2.75, 3.05) is 18.0 Å². The smallest absolute Gasteiger partial charge is 0.410 e. The Balaban J connectivity index is 1.51. The van der Waals surface area contributed by atoms with E-state index < -0.39 is 39.6 Å². The van der Waals surface area contributed by atoms with Crippen molar-refractivity contribution in [1.82, 2.24) is 9.62 Å². The molecule has 1 N–H and O–H groups in total. The van der Waals surface area contributed by atoms with Gasteiger partial charge in [0.15, 0.2) is 0 Å². The summed E-state index contributed by atoms with van der Waals surface area (Å²) in [5.41, 5.74) is -0.125. The van der Waals surface area contributed by atoms with E-state index in [0.29, 0.717) is 25.9 Å². The van der Waals surface area contributed by atoms with Crippen molar-refractivity contribution >= 4 is 33.6 Å². The molecule has 9 nitrogen and oxygen atoms in total. The molecule has 2 heterocycles. The van der Waals surface area contributed by atoms with Gasteiger partial charge in [0, 0.05) is 19.1 Å². The topological polar surface area (TPSA) is 113 Å². The molecule has 4 rings (SSSR count). The predicted octanol–water partition coefficient (Wildman–Crippen LogP) is 3.17. The first-order chi connectivity index (χ1) is 16.0. The highest BCUT2D eigenvalue weighted by molar-refractivity contribution is 7.89. The molecule has 2 aromatic rings. The normalized spacial score (nSPS) is 17.1. The van der Waals surface area contributed by atoms with Crippen molar-refractivity contribution in [2.45, 2.75) is 50.2 Å². The summed E-state index contributed by atoms with van der Waals surface area (Å²) < 4.78 is 34.7. The monoisotopic (exact) mass is 485 g/mol. The van der Waals surface area contributed by atoms with Crippen molar-refractivity contribution < 1.29 is 27.5 Å². The molecule has 2 aliphatic rings. The average Bonchev–Trinajstić information content (AvgIpc) is 3.03. The van der Waals surface area contributed by atoms with E-state index in [-0.39, 0.29) is 21.7 Å². The highest BCUT2D eigenvalue weighted by Crippen LogP contribution is 2.33. The van der Waals surface area contributed by atoms with E-state index in [2.05, 4.69) is 4.72 Å². The summed E-state index contributed by atoms with van der Waals surface area (Å²) in [6.45, 7) is 6.07. The molecule has 0 aromatic heterocycles. The number of ether oxygens (including phenoxy) is 1. The van der Waals surface area contributed by atoms with Gasteiger partial charge in [-0.05, 0) is 57.9 Å². The Bertz CT molecular complexity index is 1210. The zero-order valence-corrected chi connectivity index (χ0v) is 20.1. The van der Waals surface area contributed by atoms with Crippen LogP contribution < -0.4 is 9.62 Å². The van der Waals surface area contributed by atoms with Crippen molar-refractivity contribution in [1.29, 1.82) is 0 Å². The highest BCUT2D eigenvalue weighted by Gasteiger charge is 2.39. The van der Waals surface area contributed by atoms with Gasteiger partial charge in [-0.15, -0.1) is 0 Å². The van der Waals surface area contributed by atoms with E-state index in [1.165, 1.54) is 12.1 Å². The molecular weight excluding hydrogens is 458 g/mol. The number of anilines is 1. The average molecular weight is 486 g/mol. The molecule has 0 radical (unpaired) electrons. The van der Waals surface area contributed by atoms with Gasteiger partial charge >= 0.3 is 6.09 Å². The second-order valence-corrected chi connectivity index (χ2v) is 11.0. The van der Waals surface area contributed by atoms with Gasteiger partial charge in [-0.3, -0.25) is 9.59 Å². The molecule has 10 heteroatoms. The molecule has 0 unspecified atom stereocenters. The fourth-order valence-electron chi connectivity index (χ4n) is 4.07. The Hall–Kier alpha value is -3.24. The maximum absolute atomic E-state index is 13.3. The number of nitrogens with zero attached hydrogens (tertiary/aromatic N) is 2. The van der Waals surface area contributed by atoms with Crippen LogP contribution in [0.5, 0.6) is 0 Å². The Labute approximate surface area is 198 Å². The lowest BCUT2D eigenvalue weighted by Gasteiger charge is -2.33. The molecule has 0 bridgehead atoms. The predicted molar refractivity (Wildman–Crippen MR) is 125 cm³/mol. The Morgan fingerprint density at radius 3 is 2.03 bits per heavy atom. The standard InChI is InChI=1S/C24H27N3O6S/c1-24(2,3)33-23(30)26-14-12-16(13-15-26)25-34(31,32)20-11-7-6-10-19(20)27-21(28)17-8-4-5-9-18(17)22(27)29/h4-11,16,25H,12-15H2,1-3H3. The van der Waals surface area contributed by atoms with Crippen LogP contribution in [0.15, 0.2) is 53.4 Å². The number of carbonyl (C=O) groups excluding carboxylic acids is 3. The number of hydrogen-bond donors (Lipinski definition) is 1. The zero-order chi connectivity index (χ0) is 24.7. The van der Waals surface area contributed by atoms with Crippen LogP contribution in [0.3, 0.4) is 0 Å². The minimum atomic E-state index is -4.06. The van der Waals surface area contributed by atoms with Gasteiger partial charge in [0.25, 0.3) is 11.8 Å². The Morgan fingerprint density at radius 1 is 0.941 bits per heavy atom. The van der Waals surface area contributed by atoms with Crippen molar-refractivity contribution in [3.63, 3.8) is 0 Å². The van der Waals surface area contributed by atoms with Crippen LogP contribution in [0.25, 0.3) is 0 Å². The first-order valence-corrected chi connectivity index (χ1v) is 12.5. The van der Waals surface area contributed by atoms with Crippen LogP contribution in [-0.2, 0) is 14.8 Å². The fraction of sp³-hybridized carbons (Fsp3) is 0.375. The van der Waals surface area contributed by atoms with Crippen LogP contribution in [0.4, 0.5) is 10.5 Å². The highest BCUT2D eigenvalue weighted by atomic mass is 32.2. The number of carbonyl (C=O) groups is 3. The SMILES string of the molecule is CC(C)(C)OC(=O)N1CCC(NS(=O)(=O)c2ccccc2N2C(=O)c3ccccc3C2=O)CC1. The van der Waals surface area contributed by atoms with Gasteiger partial charge in [0.2, 0.25) is 10.0 Å². The van der Waals surface area contributed by atoms with Gasteiger partial charge in [-0.1, -0.05) is 24.3 Å².